The maximum absolute atomic E-state index is 8.07. The molecular weight excluding hydrogens is 146 g/mol. The molecule has 1 heterocycles. The number of likely N-dealkylation sites (N-methyl/N-ethyl adjacent to an activating group) is 1. The quantitative estimate of drug-likeness (QED) is 0.429. The van der Waals surface area contributed by atoms with Gasteiger partial charge in [0.15, 0.2) is 0 Å². The first-order valence-corrected chi connectivity index (χ1v) is 3.69. The highest BCUT2D eigenvalue weighted by Crippen LogP contribution is 1.94. The molecule has 1 aliphatic heterocycles. The standard InChI is InChI=1S/C6H13N3O2/c1-2-9-4-3-7-6(5-9)8-11-10/h10H,2-5H2,1H3,(H,7,8). The average Bonchev–Trinajstić information content (AvgIpc) is 2.06. The van der Waals surface area contributed by atoms with E-state index < -0.39 is 0 Å². The normalized spacial score (nSPS) is 19.6. The van der Waals surface area contributed by atoms with Crippen LogP contribution in [0, 0.1) is 0 Å². The van der Waals surface area contributed by atoms with Gasteiger partial charge >= 0.3 is 0 Å². The Kier molecular flexibility index (Phi) is 3.28. The molecule has 0 aromatic heterocycles. The third-order valence-electron chi connectivity index (χ3n) is 1.70. The topological polar surface area (TPSA) is 57.1 Å². The van der Waals surface area contributed by atoms with E-state index in [1.54, 1.807) is 0 Å². The lowest BCUT2D eigenvalue weighted by Gasteiger charge is -2.24. The highest BCUT2D eigenvalue weighted by molar-refractivity contribution is 5.83. The van der Waals surface area contributed by atoms with Gasteiger partial charge in [0.2, 0.25) is 0 Å². The number of nitrogens with one attached hydrogen (secondary N) is 1. The molecule has 0 aromatic rings. The van der Waals surface area contributed by atoms with Gasteiger partial charge in [0.05, 0.1) is 13.1 Å². The second kappa shape index (κ2) is 4.27. The molecule has 64 valence electrons. The largest absolute Gasteiger partial charge is 0.294 e. The molecule has 0 saturated heterocycles. The van der Waals surface area contributed by atoms with Gasteiger partial charge in [-0.15, -0.1) is 4.99 Å². The Hall–Kier alpha value is -0.650. The fraction of sp³-hybridized carbons (Fsp3) is 0.833. The molecule has 0 unspecified atom stereocenters. The summed E-state index contributed by atoms with van der Waals surface area (Å²) in [6, 6.07) is 0. The molecule has 0 aliphatic carbocycles. The smallest absolute Gasteiger partial charge is 0.138 e. The van der Waals surface area contributed by atoms with Crippen LogP contribution in [0.25, 0.3) is 0 Å². The van der Waals surface area contributed by atoms with Gasteiger partial charge < -0.3 is 0 Å². The zero-order valence-electron chi connectivity index (χ0n) is 6.58. The predicted molar refractivity (Wildman–Crippen MR) is 41.3 cm³/mol. The summed E-state index contributed by atoms with van der Waals surface area (Å²) in [5, 5.41) is 8.07. The van der Waals surface area contributed by atoms with Crippen LogP contribution in [-0.4, -0.2) is 42.2 Å². The summed E-state index contributed by atoms with van der Waals surface area (Å²) < 4.78 is 0. The number of nitrogens with zero attached hydrogens (tertiary/aromatic N) is 2. The highest BCUT2D eigenvalue weighted by atomic mass is 17.2. The van der Waals surface area contributed by atoms with Crippen molar-refractivity contribution < 1.29 is 10.2 Å². The molecule has 0 bridgehead atoms. The monoisotopic (exact) mass is 159 g/mol. The summed E-state index contributed by atoms with van der Waals surface area (Å²) in [6.45, 7) is 5.54. The Morgan fingerprint density at radius 3 is 3.27 bits per heavy atom. The van der Waals surface area contributed by atoms with Crippen LogP contribution in [0.1, 0.15) is 6.92 Å². The van der Waals surface area contributed by atoms with Gasteiger partial charge in [-0.25, -0.2) is 10.7 Å². The highest BCUT2D eigenvalue weighted by Gasteiger charge is 2.11. The first-order valence-electron chi connectivity index (χ1n) is 3.69. The zero-order chi connectivity index (χ0) is 8.10. The summed E-state index contributed by atoms with van der Waals surface area (Å²) in [5.41, 5.74) is 2.31. The van der Waals surface area contributed by atoms with Gasteiger partial charge in [0.1, 0.15) is 5.84 Å². The van der Waals surface area contributed by atoms with Crippen molar-refractivity contribution in [3.05, 3.63) is 0 Å². The molecular formula is C6H13N3O2. The Balaban J connectivity index is 2.35. The van der Waals surface area contributed by atoms with E-state index in [4.69, 9.17) is 5.26 Å². The van der Waals surface area contributed by atoms with E-state index in [2.05, 4.69) is 27.3 Å². The van der Waals surface area contributed by atoms with Crippen LogP contribution in [0.2, 0.25) is 0 Å². The Bertz CT molecular complexity index is 149. The van der Waals surface area contributed by atoms with Gasteiger partial charge in [-0.05, 0) is 6.54 Å². The maximum atomic E-state index is 8.07. The minimum Gasteiger partial charge on any atom is -0.294 e. The van der Waals surface area contributed by atoms with Crippen LogP contribution in [0.3, 0.4) is 0 Å². The molecule has 0 amide bonds. The third-order valence-corrected chi connectivity index (χ3v) is 1.70. The third kappa shape index (κ3) is 2.45. The number of amidine groups is 1. The molecule has 1 rings (SSSR count). The SMILES string of the molecule is CCN1CCN=C(NOO)C1. The van der Waals surface area contributed by atoms with E-state index in [0.29, 0.717) is 5.84 Å². The summed E-state index contributed by atoms with van der Waals surface area (Å²) in [4.78, 5) is 10.1. The van der Waals surface area contributed by atoms with E-state index in [1.807, 2.05) is 0 Å². The van der Waals surface area contributed by atoms with Gasteiger partial charge in [-0.2, -0.15) is 0 Å². The zero-order valence-corrected chi connectivity index (χ0v) is 6.58. The van der Waals surface area contributed by atoms with Gasteiger partial charge in [-0.1, -0.05) is 6.92 Å². The maximum Gasteiger partial charge on any atom is 0.138 e. The Labute approximate surface area is 65.6 Å². The molecule has 1 aliphatic rings. The second-order valence-electron chi connectivity index (χ2n) is 2.39. The summed E-state index contributed by atoms with van der Waals surface area (Å²) in [5.74, 6) is 0.681. The number of hydrogen-bond donors (Lipinski definition) is 2. The van der Waals surface area contributed by atoms with E-state index >= 15 is 0 Å². The van der Waals surface area contributed by atoms with Crippen LogP contribution < -0.4 is 5.48 Å². The molecule has 0 atom stereocenters. The molecule has 11 heavy (non-hydrogen) atoms. The molecule has 0 aromatic carbocycles. The molecule has 5 heteroatoms. The number of aliphatic imine (C=N–C) groups is 1. The lowest BCUT2D eigenvalue weighted by molar-refractivity contribution is -0.274. The minimum absolute atomic E-state index is 0.681. The van der Waals surface area contributed by atoms with Crippen molar-refractivity contribution in [1.82, 2.24) is 10.4 Å². The first kappa shape index (κ1) is 8.45. The van der Waals surface area contributed by atoms with Crippen LogP contribution in [0.5, 0.6) is 0 Å². The molecule has 5 nitrogen and oxygen atoms in total. The number of hydrogen-bond acceptors (Lipinski definition) is 5. The number of hydroxylamine groups is 1. The first-order chi connectivity index (χ1) is 5.36. The van der Waals surface area contributed by atoms with Crippen molar-refractivity contribution in [2.45, 2.75) is 6.92 Å². The number of rotatable bonds is 2. The van der Waals surface area contributed by atoms with Crippen molar-refractivity contribution in [3.63, 3.8) is 0 Å². The summed E-state index contributed by atoms with van der Waals surface area (Å²) in [7, 11) is 0. The Morgan fingerprint density at radius 1 is 1.82 bits per heavy atom. The van der Waals surface area contributed by atoms with Crippen molar-refractivity contribution in [2.75, 3.05) is 26.2 Å². The van der Waals surface area contributed by atoms with Crippen LogP contribution in [0.4, 0.5) is 0 Å². The second-order valence-corrected chi connectivity index (χ2v) is 2.39. The van der Waals surface area contributed by atoms with Crippen LogP contribution in [0.15, 0.2) is 4.99 Å². The average molecular weight is 159 g/mol. The van der Waals surface area contributed by atoms with E-state index in [1.165, 1.54) is 0 Å². The lowest BCUT2D eigenvalue weighted by Crippen LogP contribution is -2.42. The lowest BCUT2D eigenvalue weighted by atomic mass is 10.4. The molecule has 0 fully saturated rings. The fourth-order valence-corrected chi connectivity index (χ4v) is 1.05. The summed E-state index contributed by atoms with van der Waals surface area (Å²) >= 11 is 0. The van der Waals surface area contributed by atoms with Gasteiger partial charge in [0.25, 0.3) is 0 Å². The summed E-state index contributed by atoms with van der Waals surface area (Å²) in [6.07, 6.45) is 0. The van der Waals surface area contributed by atoms with E-state index in [9.17, 15) is 0 Å². The minimum atomic E-state index is 0.681. The molecule has 2 N–H and O–H groups in total. The molecule has 0 radical (unpaired) electrons. The van der Waals surface area contributed by atoms with Crippen molar-refractivity contribution in [1.29, 1.82) is 0 Å². The molecule has 0 saturated carbocycles. The van der Waals surface area contributed by atoms with Gasteiger partial charge in [-0.3, -0.25) is 9.89 Å². The van der Waals surface area contributed by atoms with Crippen molar-refractivity contribution >= 4 is 5.84 Å². The van der Waals surface area contributed by atoms with Crippen LogP contribution in [-0.2, 0) is 4.99 Å². The Morgan fingerprint density at radius 2 is 2.64 bits per heavy atom. The van der Waals surface area contributed by atoms with E-state index in [-0.39, 0.29) is 0 Å². The van der Waals surface area contributed by atoms with Crippen molar-refractivity contribution in [2.24, 2.45) is 4.99 Å². The van der Waals surface area contributed by atoms with Crippen molar-refractivity contribution in [3.8, 4) is 0 Å². The molecule has 0 spiro atoms. The van der Waals surface area contributed by atoms with Gasteiger partial charge in [0, 0.05) is 6.54 Å². The fourth-order valence-electron chi connectivity index (χ4n) is 1.05. The predicted octanol–water partition coefficient (Wildman–Crippen LogP) is -0.285. The van der Waals surface area contributed by atoms with Crippen LogP contribution >= 0.6 is 0 Å². The van der Waals surface area contributed by atoms with E-state index in [0.717, 1.165) is 26.2 Å².